The molecular weight excluding hydrogens is 1360 g/mol. The monoisotopic (exact) mass is 1490 g/mol. The lowest BCUT2D eigenvalue weighted by molar-refractivity contribution is 0.0118. The van der Waals surface area contributed by atoms with Crippen molar-refractivity contribution in [2.45, 2.75) is 247 Å². The summed E-state index contributed by atoms with van der Waals surface area (Å²) in [5, 5.41) is 14.7. The van der Waals surface area contributed by atoms with Crippen molar-refractivity contribution in [3.63, 3.8) is 0 Å². The van der Waals surface area contributed by atoms with Crippen molar-refractivity contribution in [2.24, 2.45) is 23.1 Å². The van der Waals surface area contributed by atoms with Gasteiger partial charge in [0.25, 0.3) is 17.7 Å². The number of halogens is 2. The smallest absolute Gasteiger partial charge is 0.422 e. The molecule has 4 unspecified atom stereocenters. The number of nitrogens with one attached hydrogen (secondary N) is 2. The summed E-state index contributed by atoms with van der Waals surface area (Å²) in [6.07, 6.45) is 21.7. The maximum absolute atomic E-state index is 13.2. The normalized spacial score (nSPS) is 17.5. The second kappa shape index (κ2) is 39.7. The molecule has 8 aromatic rings. The van der Waals surface area contributed by atoms with Crippen LogP contribution in [-0.2, 0) is 69.4 Å². The molecule has 9 N–H and O–H groups in total. The number of pyridine rings is 6. The van der Waals surface area contributed by atoms with Gasteiger partial charge in [-0.3, -0.25) is 49.3 Å². The van der Waals surface area contributed by atoms with Crippen molar-refractivity contribution in [1.29, 1.82) is 0 Å². The Labute approximate surface area is 648 Å². The van der Waals surface area contributed by atoms with Crippen molar-refractivity contribution in [1.82, 2.24) is 50.3 Å². The van der Waals surface area contributed by atoms with E-state index in [1.165, 1.54) is 121 Å². The minimum Gasteiger partial charge on any atom is -0.422 e. The van der Waals surface area contributed by atoms with E-state index in [2.05, 4.69) is 191 Å². The first kappa shape index (κ1) is 84.9. The molecule has 20 heteroatoms. The summed E-state index contributed by atoms with van der Waals surface area (Å²) >= 11 is 0. The van der Waals surface area contributed by atoms with E-state index < -0.39 is 32.0 Å². The van der Waals surface area contributed by atoms with Gasteiger partial charge in [0.05, 0.1) is 24.8 Å². The number of benzene rings is 2. The van der Waals surface area contributed by atoms with Gasteiger partial charge >= 0.3 is 7.12 Å². The molecule has 109 heavy (non-hydrogen) atoms. The molecule has 0 radical (unpaired) electrons. The van der Waals surface area contributed by atoms with Gasteiger partial charge < -0.3 is 37.5 Å². The van der Waals surface area contributed by atoms with Crippen LogP contribution in [-0.4, -0.2) is 109 Å². The van der Waals surface area contributed by atoms with Gasteiger partial charge in [0.2, 0.25) is 0 Å². The van der Waals surface area contributed by atoms with E-state index in [0.29, 0.717) is 65.3 Å². The minimum absolute atomic E-state index is 0.00111. The molecule has 2 amide bonds. The number of aromatic nitrogens is 6. The van der Waals surface area contributed by atoms with Crippen molar-refractivity contribution in [2.75, 3.05) is 39.3 Å². The van der Waals surface area contributed by atoms with Crippen LogP contribution in [0.4, 0.5) is 8.78 Å². The van der Waals surface area contributed by atoms with Crippen LogP contribution in [0, 0.1) is 5.92 Å². The highest BCUT2D eigenvalue weighted by Crippen LogP contribution is 2.35. The van der Waals surface area contributed by atoms with Crippen LogP contribution in [0.1, 0.15) is 304 Å². The summed E-state index contributed by atoms with van der Waals surface area (Å²) in [5.74, 6) is 0.997. The maximum atomic E-state index is 13.2. The number of alkyl halides is 2. The Morgan fingerprint density at radius 1 is 0.541 bits per heavy atom. The Morgan fingerprint density at radius 2 is 0.954 bits per heavy atom. The van der Waals surface area contributed by atoms with Crippen LogP contribution >= 0.6 is 0 Å². The maximum Gasteiger partial charge on any atom is 0.511 e. The van der Waals surface area contributed by atoms with Gasteiger partial charge in [0, 0.05) is 148 Å². The van der Waals surface area contributed by atoms with Gasteiger partial charge in [-0.05, 0) is 194 Å². The molecule has 6 aromatic heterocycles. The summed E-state index contributed by atoms with van der Waals surface area (Å²) in [7, 11) is -0.842. The molecule has 0 spiro atoms. The van der Waals surface area contributed by atoms with Gasteiger partial charge in [0.1, 0.15) is 0 Å². The summed E-state index contributed by atoms with van der Waals surface area (Å²) < 4.78 is 31.8. The first-order valence-electron chi connectivity index (χ1n) is 40.0. The fraction of sp³-hybridized carbons (Fsp3) is 0.506. The quantitative estimate of drug-likeness (QED) is 0.0437. The minimum atomic E-state index is -3.09. The Kier molecular flexibility index (Phi) is 30.9. The summed E-state index contributed by atoms with van der Waals surface area (Å²) in [4.78, 5) is 55.8. The van der Waals surface area contributed by atoms with E-state index >= 15 is 0 Å². The number of aryl methyl sites for hydroxylation is 2. The SMILES string of the molecule is CC(C)c1cnc2c(c1)C(C)CC2.CC(C)c1cnc2c(c1)C(N)CC2.CC(C)c1cnc2c(c1)CN(Cc1ccc(C(=O)NCC(F)(F)CN)cc1)CC2.CC(C)c1cnc2c(c1)CN(Cc1ccc(C(=O)NCCN)cc1)CC2.CC1Cc2cc(C(C)C)cnc2C1.CCC1OB(O)c2ncc(C(C)C)cc21. The van der Waals surface area contributed by atoms with E-state index in [0.717, 1.165) is 94.3 Å². The number of nitrogens with zero attached hydrogens (tertiary/aromatic N) is 8. The predicted octanol–water partition coefficient (Wildman–Crippen LogP) is 15.3. The van der Waals surface area contributed by atoms with Crippen molar-refractivity contribution < 1.29 is 28.0 Å². The number of nitrogens with two attached hydrogens (primary N) is 3. The highest BCUT2D eigenvalue weighted by Gasteiger charge is 2.36. The lowest BCUT2D eigenvalue weighted by atomic mass is 9.83. The van der Waals surface area contributed by atoms with E-state index in [-0.39, 0.29) is 18.1 Å². The zero-order valence-electron chi connectivity index (χ0n) is 67.6. The Morgan fingerprint density at radius 3 is 1.42 bits per heavy atom. The lowest BCUT2D eigenvalue weighted by Gasteiger charge is -2.28. The number of carbonyl (C=O) groups excluding carboxylic acids is 2. The predicted molar refractivity (Wildman–Crippen MR) is 436 cm³/mol. The van der Waals surface area contributed by atoms with E-state index in [4.69, 9.17) is 21.9 Å². The molecule has 17 nitrogen and oxygen atoms in total. The molecule has 0 fully saturated rings. The molecule has 0 saturated carbocycles. The third kappa shape index (κ3) is 23.7. The van der Waals surface area contributed by atoms with E-state index in [1.54, 1.807) is 12.1 Å². The van der Waals surface area contributed by atoms with Crippen molar-refractivity contribution >= 4 is 24.5 Å². The van der Waals surface area contributed by atoms with Gasteiger partial charge in [-0.1, -0.05) is 165 Å². The van der Waals surface area contributed by atoms with Crippen molar-refractivity contribution in [3.05, 3.63) is 240 Å². The average Bonchev–Trinajstić information content (AvgIpc) is 1.76. The molecule has 0 bridgehead atoms. The zero-order chi connectivity index (χ0) is 78.8. The number of fused-ring (bicyclic) bond motifs is 6. The van der Waals surface area contributed by atoms with Gasteiger partial charge in [-0.15, -0.1) is 0 Å². The molecule has 6 aliphatic rings. The standard InChI is InChI=1S/C22H28F2N4O.C21H28N4O.2C12H17N.C11H16BNO2.C11H16N2/c1-15(2)18-9-19-12-28(8-7-20(19)26-10-18)11-16-3-5-17(6-4-16)21(29)27-14-22(23,24)13-25;1-15(2)18-11-19-14-25(10-7-20(19)24-12-18)13-16-3-5-17(6-4-16)21(26)23-9-8-22;1-8(2)11-6-10-4-9(3)5-12(10)13-7-11;1-8(2)10-6-11-9(3)4-5-12(11)13-7-10;1-4-10-9-5-8(7(2)3)6-13-11(9)12(14)15-10;1-7(2)8-5-9-10(12)3-4-11(9)13-6-8/h3-6,9-10,15H,7-8,11-14,25H2,1-2H3,(H,27,29);3-6,11-12,15H,7-10,13-14,22H2,1-2H3,(H,23,26);2*6-9H,4-5H2,1-3H3;5-7,10,14H,4H2,1-3H3;5-7,10H,3-4,12H2,1-2H3. The molecule has 4 atom stereocenters. The van der Waals surface area contributed by atoms with Crippen LogP contribution in [0.2, 0.25) is 0 Å². The second-order valence-corrected chi connectivity index (χ2v) is 32.5. The molecule has 3 aliphatic carbocycles. The molecule has 2 aromatic carbocycles. The lowest BCUT2D eigenvalue weighted by Crippen LogP contribution is -2.41. The van der Waals surface area contributed by atoms with Gasteiger partial charge in [-0.2, -0.15) is 0 Å². The van der Waals surface area contributed by atoms with E-state index in [9.17, 15) is 23.4 Å². The third-order valence-corrected chi connectivity index (χ3v) is 21.7. The zero-order valence-corrected chi connectivity index (χ0v) is 67.6. The van der Waals surface area contributed by atoms with Crippen LogP contribution in [0.25, 0.3) is 0 Å². The summed E-state index contributed by atoms with van der Waals surface area (Å²) in [5.41, 5.74) is 42.4. The van der Waals surface area contributed by atoms with E-state index in [1.807, 2.05) is 73.6 Å². The Hall–Kier alpha value is -8.08. The number of hydrogen-bond donors (Lipinski definition) is 6. The fourth-order valence-electron chi connectivity index (χ4n) is 14.3. The molecule has 9 heterocycles. The third-order valence-electron chi connectivity index (χ3n) is 21.7. The van der Waals surface area contributed by atoms with Crippen LogP contribution < -0.4 is 33.4 Å². The average molecular weight is 1490 g/mol. The molecule has 0 saturated heterocycles. The topological polar surface area (TPSA) is 250 Å². The van der Waals surface area contributed by atoms with Crippen molar-refractivity contribution in [3.8, 4) is 0 Å². The largest absolute Gasteiger partial charge is 0.511 e. The summed E-state index contributed by atoms with van der Waals surface area (Å²) in [6.45, 7) is 37.7. The first-order valence-corrected chi connectivity index (χ1v) is 40.0. The van der Waals surface area contributed by atoms with Crippen LogP contribution in [0.3, 0.4) is 0 Å². The molecule has 584 valence electrons. The number of hydrogen-bond acceptors (Lipinski definition) is 15. The number of rotatable bonds is 18. The van der Waals surface area contributed by atoms with Gasteiger partial charge in [-0.25, -0.2) is 8.78 Å². The van der Waals surface area contributed by atoms with Crippen LogP contribution in [0.15, 0.2) is 122 Å². The first-order chi connectivity index (χ1) is 52.0. The number of carbonyl (C=O) groups is 2. The molecule has 14 rings (SSSR count). The van der Waals surface area contributed by atoms with Crippen LogP contribution in [0.5, 0.6) is 0 Å². The Balaban J connectivity index is 0.000000156. The Bertz CT molecular complexity index is 4220. The molecular formula is C89H122BF2N13O4. The summed E-state index contributed by atoms with van der Waals surface area (Å²) in [6, 6.07) is 28.7. The molecule has 3 aliphatic heterocycles. The second-order valence-electron chi connectivity index (χ2n) is 32.5. The fourth-order valence-corrected chi connectivity index (χ4v) is 14.3. The highest BCUT2D eigenvalue weighted by molar-refractivity contribution is 6.60. The highest BCUT2D eigenvalue weighted by atomic mass is 19.3. The van der Waals surface area contributed by atoms with Gasteiger partial charge in [0.15, 0.2) is 0 Å². The number of amides is 2.